The van der Waals surface area contributed by atoms with E-state index in [0.717, 1.165) is 0 Å². The van der Waals surface area contributed by atoms with Gasteiger partial charge in [-0.25, -0.2) is 4.79 Å². The Bertz CT molecular complexity index is 1060. The average Bonchev–Trinajstić information content (AvgIpc) is 3.24. The second-order valence-electron chi connectivity index (χ2n) is 5.79. The number of benzene rings is 2. The van der Waals surface area contributed by atoms with Crippen molar-refractivity contribution in [2.45, 2.75) is 0 Å². The molecule has 0 radical (unpaired) electrons. The number of esters is 1. The van der Waals surface area contributed by atoms with Crippen LogP contribution >= 0.6 is 11.3 Å². The summed E-state index contributed by atoms with van der Waals surface area (Å²) in [5.41, 5.74) is 1.32. The van der Waals surface area contributed by atoms with E-state index in [2.05, 4.69) is 5.32 Å². The summed E-state index contributed by atoms with van der Waals surface area (Å²) >= 11 is 0.677. The number of thiophene rings is 1. The maximum absolute atomic E-state index is 12.2. The first-order chi connectivity index (χ1) is 13.9. The van der Waals surface area contributed by atoms with Crippen molar-refractivity contribution in [1.82, 2.24) is 0 Å². The molecule has 146 valence electrons. The molecule has 0 aliphatic carbocycles. The second-order valence-corrected chi connectivity index (χ2v) is 6.85. The van der Waals surface area contributed by atoms with E-state index in [4.69, 9.17) is 4.74 Å². The molecule has 0 saturated carbocycles. The molecule has 2 aromatic carbocycles. The van der Waals surface area contributed by atoms with Crippen molar-refractivity contribution in [2.24, 2.45) is 0 Å². The Morgan fingerprint density at radius 1 is 0.931 bits per heavy atom. The molecule has 8 nitrogen and oxygen atoms in total. The van der Waals surface area contributed by atoms with Gasteiger partial charge in [-0.2, -0.15) is 0 Å². The van der Waals surface area contributed by atoms with Gasteiger partial charge < -0.3 is 10.1 Å². The van der Waals surface area contributed by atoms with Gasteiger partial charge in [0, 0.05) is 22.9 Å². The number of ether oxygens (including phenoxy) is 1. The highest BCUT2D eigenvalue weighted by Crippen LogP contribution is 2.24. The van der Waals surface area contributed by atoms with Gasteiger partial charge in [0.25, 0.3) is 5.91 Å². The highest BCUT2D eigenvalue weighted by atomic mass is 32.1. The molecule has 0 atom stereocenters. The second kappa shape index (κ2) is 8.89. The molecule has 3 aromatic rings. The van der Waals surface area contributed by atoms with Crippen LogP contribution in [0.15, 0.2) is 66.7 Å². The predicted molar refractivity (Wildman–Crippen MR) is 106 cm³/mol. The lowest BCUT2D eigenvalue weighted by atomic mass is 10.1. The Morgan fingerprint density at radius 3 is 2.24 bits per heavy atom. The van der Waals surface area contributed by atoms with E-state index in [0.29, 0.717) is 28.2 Å². The molecule has 1 heterocycles. The van der Waals surface area contributed by atoms with E-state index in [-0.39, 0.29) is 15.8 Å². The number of carbonyl (C=O) groups excluding carboxylic acids is 3. The topological polar surface area (TPSA) is 116 Å². The normalized spacial score (nSPS) is 10.2. The average molecular weight is 410 g/mol. The number of amides is 1. The molecule has 0 saturated heterocycles. The number of Topliss-reactive ketones (excluding diaryl/α,β-unsaturated/α-hetero) is 1. The van der Waals surface area contributed by atoms with E-state index >= 15 is 0 Å². The van der Waals surface area contributed by atoms with Crippen molar-refractivity contribution < 1.29 is 24.0 Å². The molecule has 0 aliphatic heterocycles. The lowest BCUT2D eigenvalue weighted by Gasteiger charge is -2.07. The molecule has 0 unspecified atom stereocenters. The first-order valence-electron chi connectivity index (χ1n) is 8.35. The van der Waals surface area contributed by atoms with Gasteiger partial charge in [0.15, 0.2) is 12.4 Å². The molecule has 1 N–H and O–H groups in total. The van der Waals surface area contributed by atoms with Crippen molar-refractivity contribution >= 4 is 39.7 Å². The number of nitrogens with one attached hydrogen (secondary N) is 1. The van der Waals surface area contributed by atoms with Crippen LogP contribution in [0.25, 0.3) is 0 Å². The summed E-state index contributed by atoms with van der Waals surface area (Å²) in [7, 11) is 0. The molecule has 29 heavy (non-hydrogen) atoms. The minimum Gasteiger partial charge on any atom is -0.453 e. The number of anilines is 1. The van der Waals surface area contributed by atoms with E-state index in [1.54, 1.807) is 36.4 Å². The van der Waals surface area contributed by atoms with Crippen molar-refractivity contribution in [3.63, 3.8) is 0 Å². The molecule has 0 aliphatic rings. The van der Waals surface area contributed by atoms with Gasteiger partial charge in [-0.1, -0.05) is 29.5 Å². The van der Waals surface area contributed by atoms with Gasteiger partial charge in [0.05, 0.1) is 4.92 Å². The summed E-state index contributed by atoms with van der Waals surface area (Å²) in [4.78, 5) is 46.3. The summed E-state index contributed by atoms with van der Waals surface area (Å²) in [5.74, 6) is -1.52. The maximum Gasteiger partial charge on any atom is 0.349 e. The molecule has 0 spiro atoms. The van der Waals surface area contributed by atoms with Crippen molar-refractivity contribution in [1.29, 1.82) is 0 Å². The Hall–Kier alpha value is -3.85. The molecule has 3 rings (SSSR count). The highest BCUT2D eigenvalue weighted by Gasteiger charge is 2.18. The summed E-state index contributed by atoms with van der Waals surface area (Å²) in [6.07, 6.45) is 0. The zero-order valence-corrected chi connectivity index (χ0v) is 15.7. The zero-order valence-electron chi connectivity index (χ0n) is 14.9. The SMILES string of the molecule is O=C(COC(=O)c1ccc([N+](=O)[O-])s1)c1ccc(NC(=O)c2ccccc2)cc1. The quantitative estimate of drug-likeness (QED) is 0.273. The minimum absolute atomic E-state index is 0.0449. The smallest absolute Gasteiger partial charge is 0.349 e. The van der Waals surface area contributed by atoms with Gasteiger partial charge in [-0.15, -0.1) is 0 Å². The first-order valence-corrected chi connectivity index (χ1v) is 9.16. The van der Waals surface area contributed by atoms with Crippen LogP contribution in [0.2, 0.25) is 0 Å². The van der Waals surface area contributed by atoms with Crippen LogP contribution in [-0.4, -0.2) is 29.2 Å². The summed E-state index contributed by atoms with van der Waals surface area (Å²) < 4.78 is 4.92. The Balaban J connectivity index is 1.55. The summed E-state index contributed by atoms with van der Waals surface area (Å²) in [5, 5.41) is 13.2. The van der Waals surface area contributed by atoms with E-state index < -0.39 is 23.3 Å². The van der Waals surface area contributed by atoms with Crippen LogP contribution in [0.5, 0.6) is 0 Å². The molecule has 0 fully saturated rings. The fourth-order valence-corrected chi connectivity index (χ4v) is 3.07. The van der Waals surface area contributed by atoms with Crippen molar-refractivity contribution in [3.8, 4) is 0 Å². The first kappa shape index (κ1) is 19.9. The maximum atomic E-state index is 12.2. The summed E-state index contributed by atoms with van der Waals surface area (Å²) in [6.45, 7) is -0.500. The van der Waals surface area contributed by atoms with Crippen LogP contribution in [0, 0.1) is 10.1 Å². The van der Waals surface area contributed by atoms with E-state index in [1.807, 2.05) is 6.07 Å². The van der Waals surface area contributed by atoms with Gasteiger partial charge >= 0.3 is 11.0 Å². The van der Waals surface area contributed by atoms with Gasteiger partial charge in [-0.05, 0) is 42.5 Å². The number of nitrogens with zero attached hydrogens (tertiary/aromatic N) is 1. The third-order valence-corrected chi connectivity index (χ3v) is 4.82. The van der Waals surface area contributed by atoms with Gasteiger partial charge in [0.2, 0.25) is 0 Å². The molecule has 9 heteroatoms. The molecular formula is C20H14N2O6S. The lowest BCUT2D eigenvalue weighted by molar-refractivity contribution is -0.380. The van der Waals surface area contributed by atoms with Crippen LogP contribution in [0.3, 0.4) is 0 Å². The monoisotopic (exact) mass is 410 g/mol. The number of hydrogen-bond donors (Lipinski definition) is 1. The Kier molecular flexibility index (Phi) is 6.10. The standard InChI is InChI=1S/C20H14N2O6S/c23-16(12-28-20(25)17-10-11-18(29-17)22(26)27)13-6-8-15(9-7-13)21-19(24)14-4-2-1-3-5-14/h1-11H,12H2,(H,21,24). The van der Waals surface area contributed by atoms with Crippen molar-refractivity contribution in [3.05, 3.63) is 92.8 Å². The summed E-state index contributed by atoms with van der Waals surface area (Å²) in [6, 6.07) is 17.3. The predicted octanol–water partition coefficient (Wildman–Crippen LogP) is 3.95. The van der Waals surface area contributed by atoms with Gasteiger partial charge in [0.1, 0.15) is 4.88 Å². The molecule has 0 bridgehead atoms. The number of hydrogen-bond acceptors (Lipinski definition) is 7. The fraction of sp³-hybridized carbons (Fsp3) is 0.0500. The van der Waals surface area contributed by atoms with Gasteiger partial charge in [-0.3, -0.25) is 19.7 Å². The van der Waals surface area contributed by atoms with Crippen LogP contribution in [0.1, 0.15) is 30.4 Å². The Labute approximate surface area is 168 Å². The number of nitro groups is 1. The third-order valence-electron chi connectivity index (χ3n) is 3.81. The highest BCUT2D eigenvalue weighted by molar-refractivity contribution is 7.17. The lowest BCUT2D eigenvalue weighted by Crippen LogP contribution is -2.14. The zero-order chi connectivity index (χ0) is 20.8. The number of ketones is 1. The van der Waals surface area contributed by atoms with Crippen LogP contribution < -0.4 is 5.32 Å². The largest absolute Gasteiger partial charge is 0.453 e. The Morgan fingerprint density at radius 2 is 1.62 bits per heavy atom. The van der Waals surface area contributed by atoms with Crippen LogP contribution in [0.4, 0.5) is 10.7 Å². The number of carbonyl (C=O) groups is 3. The molecular weight excluding hydrogens is 396 g/mol. The van der Waals surface area contributed by atoms with Crippen LogP contribution in [-0.2, 0) is 4.74 Å². The molecule has 1 aromatic heterocycles. The minimum atomic E-state index is -0.803. The van der Waals surface area contributed by atoms with Crippen molar-refractivity contribution in [2.75, 3.05) is 11.9 Å². The fourth-order valence-electron chi connectivity index (χ4n) is 2.35. The third kappa shape index (κ3) is 5.11. The molecule has 1 amide bonds. The number of rotatable bonds is 7. The van der Waals surface area contributed by atoms with E-state index in [1.165, 1.54) is 24.3 Å². The van der Waals surface area contributed by atoms with E-state index in [9.17, 15) is 24.5 Å².